The van der Waals surface area contributed by atoms with Crippen molar-refractivity contribution >= 4 is 29.7 Å². The molecule has 0 aromatic rings. The molecular weight excluding hydrogens is 448 g/mol. The summed E-state index contributed by atoms with van der Waals surface area (Å²) in [5, 5.41) is 23.4. The lowest BCUT2D eigenvalue weighted by Crippen LogP contribution is -2.57. The second-order valence-corrected chi connectivity index (χ2v) is 8.42. The van der Waals surface area contributed by atoms with Gasteiger partial charge >= 0.3 is 11.9 Å². The molecule has 1 saturated heterocycles. The molecule has 0 aliphatic carbocycles. The molecule has 10 N–H and O–H groups in total. The highest BCUT2D eigenvalue weighted by molar-refractivity contribution is 5.94. The number of amides is 3. The van der Waals surface area contributed by atoms with E-state index in [0.29, 0.717) is 51.6 Å². The smallest absolute Gasteiger partial charge is 0.326 e. The van der Waals surface area contributed by atoms with E-state index in [1.165, 1.54) is 4.90 Å². The average Bonchev–Trinajstić information content (AvgIpc) is 3.27. The molecule has 34 heavy (non-hydrogen) atoms. The third-order valence-electron chi connectivity index (χ3n) is 5.69. The summed E-state index contributed by atoms with van der Waals surface area (Å²) in [4.78, 5) is 62.2. The van der Waals surface area contributed by atoms with Gasteiger partial charge in [0.05, 0.1) is 12.5 Å². The van der Waals surface area contributed by atoms with Gasteiger partial charge in [-0.15, -0.1) is 0 Å². The number of nitrogens with two attached hydrogens (primary N) is 3. The molecule has 13 heteroatoms. The third-order valence-corrected chi connectivity index (χ3v) is 5.69. The van der Waals surface area contributed by atoms with Gasteiger partial charge in [-0.25, -0.2) is 4.79 Å². The van der Waals surface area contributed by atoms with Crippen molar-refractivity contribution in [3.8, 4) is 0 Å². The fraction of sp³-hybridized carbons (Fsp3) is 0.762. The van der Waals surface area contributed by atoms with Crippen LogP contribution in [0.25, 0.3) is 0 Å². The molecule has 3 amide bonds. The van der Waals surface area contributed by atoms with Crippen LogP contribution in [0.2, 0.25) is 0 Å². The number of nitrogens with one attached hydrogen (secondary N) is 2. The molecule has 1 aliphatic heterocycles. The molecule has 1 rings (SSSR count). The van der Waals surface area contributed by atoms with Crippen LogP contribution in [0.15, 0.2) is 0 Å². The van der Waals surface area contributed by atoms with E-state index in [1.807, 2.05) is 0 Å². The van der Waals surface area contributed by atoms with E-state index in [-0.39, 0.29) is 19.4 Å². The molecule has 4 atom stereocenters. The van der Waals surface area contributed by atoms with Gasteiger partial charge in [0.25, 0.3) is 0 Å². The Morgan fingerprint density at radius 3 is 1.97 bits per heavy atom. The summed E-state index contributed by atoms with van der Waals surface area (Å²) in [6.07, 6.45) is 2.99. The standard InChI is InChI=1S/C21H38N6O7/c22-9-3-1-6-14(25-18(30)13(24)12-17(28)29)19(31)26-15(7-2-4-10-23)20(32)27-11-5-8-16(27)21(33)34/h13-16H,1-12,22-24H2,(H,25,30)(H,26,31)(H,28,29)(H,33,34). The van der Waals surface area contributed by atoms with Crippen LogP contribution in [0.3, 0.4) is 0 Å². The Bertz CT molecular complexity index is 720. The van der Waals surface area contributed by atoms with Crippen LogP contribution in [-0.2, 0) is 24.0 Å². The van der Waals surface area contributed by atoms with E-state index in [0.717, 1.165) is 0 Å². The van der Waals surface area contributed by atoms with Gasteiger partial charge in [-0.3, -0.25) is 19.2 Å². The highest BCUT2D eigenvalue weighted by atomic mass is 16.4. The molecule has 0 spiro atoms. The van der Waals surface area contributed by atoms with E-state index in [2.05, 4.69) is 10.6 Å². The summed E-state index contributed by atoms with van der Waals surface area (Å²) >= 11 is 0. The second kappa shape index (κ2) is 15.2. The number of likely N-dealkylation sites (tertiary alicyclic amines) is 1. The molecule has 0 aromatic heterocycles. The molecule has 0 saturated carbocycles. The average molecular weight is 487 g/mol. The summed E-state index contributed by atoms with van der Waals surface area (Å²) < 4.78 is 0. The number of unbranched alkanes of at least 4 members (excludes halogenated alkanes) is 2. The first kappa shape index (κ1) is 29.3. The number of carboxylic acid groups (broad SMARTS) is 2. The van der Waals surface area contributed by atoms with Crippen molar-refractivity contribution in [3.05, 3.63) is 0 Å². The number of hydrogen-bond donors (Lipinski definition) is 7. The molecule has 13 nitrogen and oxygen atoms in total. The van der Waals surface area contributed by atoms with Crippen molar-refractivity contribution in [1.29, 1.82) is 0 Å². The predicted molar refractivity (Wildman–Crippen MR) is 122 cm³/mol. The molecule has 0 bridgehead atoms. The first-order chi connectivity index (χ1) is 16.1. The van der Waals surface area contributed by atoms with Crippen LogP contribution < -0.4 is 27.8 Å². The van der Waals surface area contributed by atoms with E-state index >= 15 is 0 Å². The maximum atomic E-state index is 13.2. The maximum absolute atomic E-state index is 13.2. The fourth-order valence-corrected chi connectivity index (χ4v) is 3.83. The van der Waals surface area contributed by atoms with Gasteiger partial charge in [-0.1, -0.05) is 0 Å². The SMILES string of the molecule is NCCCCC(NC(=O)C(N)CC(=O)O)C(=O)NC(CCCCN)C(=O)N1CCCC1C(=O)O. The lowest BCUT2D eigenvalue weighted by molar-refractivity contribution is -0.149. The Labute approximate surface area is 198 Å². The molecule has 194 valence electrons. The van der Waals surface area contributed by atoms with Crippen molar-refractivity contribution in [2.45, 2.75) is 82.0 Å². The van der Waals surface area contributed by atoms with Crippen LogP contribution >= 0.6 is 0 Å². The predicted octanol–water partition coefficient (Wildman–Crippen LogP) is -1.91. The molecule has 1 aliphatic rings. The van der Waals surface area contributed by atoms with Gasteiger partial charge in [0.15, 0.2) is 0 Å². The summed E-state index contributed by atoms with van der Waals surface area (Å²) in [6.45, 7) is 1.06. The highest BCUT2D eigenvalue weighted by Crippen LogP contribution is 2.20. The maximum Gasteiger partial charge on any atom is 0.326 e. The summed E-state index contributed by atoms with van der Waals surface area (Å²) in [5.41, 5.74) is 16.7. The van der Waals surface area contributed by atoms with E-state index in [9.17, 15) is 29.1 Å². The number of carbonyl (C=O) groups excluding carboxylic acids is 3. The summed E-state index contributed by atoms with van der Waals surface area (Å²) in [5.74, 6) is -4.28. The van der Waals surface area contributed by atoms with Gasteiger partial charge in [0, 0.05) is 6.54 Å². The minimum absolute atomic E-state index is 0.208. The molecule has 1 heterocycles. The Hall–Kier alpha value is -2.77. The van der Waals surface area contributed by atoms with Gasteiger partial charge in [-0.2, -0.15) is 0 Å². The van der Waals surface area contributed by atoms with E-state index < -0.39 is 60.2 Å². The van der Waals surface area contributed by atoms with Crippen molar-refractivity contribution < 1.29 is 34.2 Å². The van der Waals surface area contributed by atoms with E-state index in [4.69, 9.17) is 22.3 Å². The van der Waals surface area contributed by atoms with Crippen molar-refractivity contribution in [1.82, 2.24) is 15.5 Å². The largest absolute Gasteiger partial charge is 0.481 e. The lowest BCUT2D eigenvalue weighted by Gasteiger charge is -2.29. The first-order valence-electron chi connectivity index (χ1n) is 11.6. The Kier molecular flexibility index (Phi) is 13.1. The number of hydrogen-bond acceptors (Lipinski definition) is 8. The number of rotatable bonds is 16. The number of carbonyl (C=O) groups is 5. The third kappa shape index (κ3) is 9.61. The second-order valence-electron chi connectivity index (χ2n) is 8.42. The first-order valence-corrected chi connectivity index (χ1v) is 11.6. The zero-order chi connectivity index (χ0) is 25.7. The Morgan fingerprint density at radius 1 is 0.882 bits per heavy atom. The topological polar surface area (TPSA) is 231 Å². The minimum Gasteiger partial charge on any atom is -0.481 e. The molecule has 0 aromatic carbocycles. The van der Waals surface area contributed by atoms with E-state index in [1.54, 1.807) is 0 Å². The van der Waals surface area contributed by atoms with Crippen LogP contribution in [0.4, 0.5) is 0 Å². The van der Waals surface area contributed by atoms with Crippen LogP contribution in [0.5, 0.6) is 0 Å². The van der Waals surface area contributed by atoms with Crippen molar-refractivity contribution in [2.24, 2.45) is 17.2 Å². The van der Waals surface area contributed by atoms with Crippen LogP contribution in [0, 0.1) is 0 Å². The Balaban J connectivity index is 2.98. The normalized spacial score (nSPS) is 18.1. The monoisotopic (exact) mass is 486 g/mol. The van der Waals surface area contributed by atoms with Crippen LogP contribution in [0.1, 0.15) is 57.8 Å². The number of nitrogens with zero attached hydrogens (tertiary/aromatic N) is 1. The molecule has 4 unspecified atom stereocenters. The summed E-state index contributed by atoms with van der Waals surface area (Å²) in [7, 11) is 0. The van der Waals surface area contributed by atoms with Crippen molar-refractivity contribution in [2.75, 3.05) is 19.6 Å². The van der Waals surface area contributed by atoms with Crippen molar-refractivity contribution in [3.63, 3.8) is 0 Å². The van der Waals surface area contributed by atoms with Gasteiger partial charge in [-0.05, 0) is 64.5 Å². The van der Waals surface area contributed by atoms with Crippen LogP contribution in [-0.4, -0.2) is 88.6 Å². The van der Waals surface area contributed by atoms with Gasteiger partial charge < -0.3 is 42.9 Å². The number of carboxylic acids is 2. The zero-order valence-corrected chi connectivity index (χ0v) is 19.4. The Morgan fingerprint density at radius 2 is 1.44 bits per heavy atom. The minimum atomic E-state index is -1.34. The summed E-state index contributed by atoms with van der Waals surface area (Å²) in [6, 6.07) is -4.33. The van der Waals surface area contributed by atoms with Gasteiger partial charge in [0.1, 0.15) is 18.1 Å². The fourth-order valence-electron chi connectivity index (χ4n) is 3.83. The quantitative estimate of drug-likeness (QED) is 0.120. The zero-order valence-electron chi connectivity index (χ0n) is 19.4. The molecule has 0 radical (unpaired) electrons. The highest BCUT2D eigenvalue weighted by Gasteiger charge is 2.38. The molecular formula is C21H38N6O7. The number of aliphatic carboxylic acids is 2. The van der Waals surface area contributed by atoms with Gasteiger partial charge in [0.2, 0.25) is 17.7 Å². The lowest BCUT2D eigenvalue weighted by atomic mass is 10.0. The molecule has 1 fully saturated rings.